The highest BCUT2D eigenvalue weighted by atomic mass is 79.9. The Hall–Kier alpha value is -0.530. The molecule has 0 aromatic heterocycles. The van der Waals surface area contributed by atoms with Crippen molar-refractivity contribution in [2.45, 2.75) is 50.0 Å². The minimum absolute atomic E-state index is 0.187. The predicted molar refractivity (Wildman–Crippen MR) is 113 cm³/mol. The van der Waals surface area contributed by atoms with E-state index >= 15 is 0 Å². The molecule has 3 rings (SSSR count). The fourth-order valence-electron chi connectivity index (χ4n) is 4.58. The van der Waals surface area contributed by atoms with E-state index in [9.17, 15) is 0 Å². The highest BCUT2D eigenvalue weighted by Gasteiger charge is 2.51. The molecular formula is C20H29BrN2O2S. The molecule has 1 aliphatic carbocycles. The van der Waals surface area contributed by atoms with E-state index in [1.54, 1.807) is 14.2 Å². The molecule has 1 aliphatic heterocycles. The summed E-state index contributed by atoms with van der Waals surface area (Å²) >= 11 is 9.35. The van der Waals surface area contributed by atoms with E-state index < -0.39 is 5.79 Å². The Morgan fingerprint density at radius 2 is 1.77 bits per heavy atom. The number of rotatable bonds is 5. The molecule has 4 nitrogen and oxygen atoms in total. The third kappa shape index (κ3) is 3.85. The Bertz CT molecular complexity index is 615. The van der Waals surface area contributed by atoms with Gasteiger partial charge in [0.1, 0.15) is 4.99 Å². The molecule has 0 spiro atoms. The maximum Gasteiger partial charge on any atom is 0.185 e. The zero-order valence-electron chi connectivity index (χ0n) is 15.9. The van der Waals surface area contributed by atoms with Gasteiger partial charge in [-0.05, 0) is 50.9 Å². The summed E-state index contributed by atoms with van der Waals surface area (Å²) in [7, 11) is 5.68. The normalized spacial score (nSPS) is 26.0. The van der Waals surface area contributed by atoms with Crippen LogP contribution in [0.15, 0.2) is 28.7 Å². The zero-order valence-corrected chi connectivity index (χ0v) is 18.3. The third-order valence-corrected chi connectivity index (χ3v) is 7.03. The van der Waals surface area contributed by atoms with Crippen molar-refractivity contribution >= 4 is 33.1 Å². The first-order valence-corrected chi connectivity index (χ1v) is 10.6. The molecule has 1 saturated heterocycles. The van der Waals surface area contributed by atoms with Crippen molar-refractivity contribution in [3.05, 3.63) is 34.3 Å². The van der Waals surface area contributed by atoms with E-state index in [2.05, 4.69) is 44.9 Å². The van der Waals surface area contributed by atoms with Crippen molar-refractivity contribution < 1.29 is 9.47 Å². The van der Waals surface area contributed by atoms with Crippen LogP contribution in [0.5, 0.6) is 0 Å². The summed E-state index contributed by atoms with van der Waals surface area (Å²) in [6.45, 7) is 2.21. The van der Waals surface area contributed by atoms with Crippen LogP contribution in [0.25, 0.3) is 0 Å². The second-order valence-electron chi connectivity index (χ2n) is 7.29. The predicted octanol–water partition coefficient (Wildman–Crippen LogP) is 4.06. The molecular weight excluding hydrogens is 412 g/mol. The quantitative estimate of drug-likeness (QED) is 0.507. The summed E-state index contributed by atoms with van der Waals surface area (Å²) in [6.07, 6.45) is 5.59. The van der Waals surface area contributed by atoms with Crippen LogP contribution < -0.4 is 0 Å². The lowest BCUT2D eigenvalue weighted by Gasteiger charge is -2.52. The summed E-state index contributed by atoms with van der Waals surface area (Å²) in [5, 5.41) is 0. The maximum absolute atomic E-state index is 5.99. The van der Waals surface area contributed by atoms with Crippen molar-refractivity contribution in [1.82, 2.24) is 9.80 Å². The fraction of sp³-hybridized carbons (Fsp3) is 0.650. The summed E-state index contributed by atoms with van der Waals surface area (Å²) in [6, 6.07) is 8.71. The van der Waals surface area contributed by atoms with Crippen LogP contribution in [0.1, 0.15) is 37.7 Å². The Labute approximate surface area is 171 Å². The van der Waals surface area contributed by atoms with Crippen molar-refractivity contribution in [3.63, 3.8) is 0 Å². The van der Waals surface area contributed by atoms with Gasteiger partial charge in [0.25, 0.3) is 0 Å². The molecule has 0 N–H and O–H groups in total. The fourth-order valence-corrected chi connectivity index (χ4v) is 5.11. The lowest BCUT2D eigenvalue weighted by molar-refractivity contribution is -0.264. The minimum atomic E-state index is -0.559. The van der Waals surface area contributed by atoms with Gasteiger partial charge in [0, 0.05) is 37.7 Å². The van der Waals surface area contributed by atoms with Crippen LogP contribution >= 0.6 is 28.1 Å². The number of methoxy groups -OCH3 is 2. The number of benzene rings is 1. The molecule has 1 aromatic carbocycles. The summed E-state index contributed by atoms with van der Waals surface area (Å²) < 4.78 is 13.1. The number of halogens is 1. The first-order chi connectivity index (χ1) is 12.5. The molecule has 6 heteroatoms. The molecule has 1 heterocycles. The van der Waals surface area contributed by atoms with Crippen molar-refractivity contribution in [2.24, 2.45) is 0 Å². The lowest BCUT2D eigenvalue weighted by atomic mass is 9.82. The Balaban J connectivity index is 1.89. The maximum atomic E-state index is 5.99. The van der Waals surface area contributed by atoms with Gasteiger partial charge in [-0.25, -0.2) is 0 Å². The van der Waals surface area contributed by atoms with E-state index in [4.69, 9.17) is 21.7 Å². The molecule has 2 aliphatic rings. The second kappa shape index (κ2) is 8.65. The van der Waals surface area contributed by atoms with E-state index in [0.29, 0.717) is 0 Å². The van der Waals surface area contributed by atoms with Crippen LogP contribution in [-0.2, 0) is 9.47 Å². The van der Waals surface area contributed by atoms with Crippen molar-refractivity contribution in [2.75, 3.05) is 34.4 Å². The molecule has 0 amide bonds. The minimum Gasteiger partial charge on any atom is -0.361 e. The van der Waals surface area contributed by atoms with Crippen LogP contribution in [0.3, 0.4) is 0 Å². The largest absolute Gasteiger partial charge is 0.361 e. The van der Waals surface area contributed by atoms with Gasteiger partial charge in [0.2, 0.25) is 0 Å². The van der Waals surface area contributed by atoms with E-state index in [-0.39, 0.29) is 12.1 Å². The average Bonchev–Trinajstić information content (AvgIpc) is 3.21. The molecule has 2 fully saturated rings. The third-order valence-electron chi connectivity index (χ3n) is 5.97. The van der Waals surface area contributed by atoms with Crippen molar-refractivity contribution in [3.8, 4) is 0 Å². The smallest absolute Gasteiger partial charge is 0.185 e. The van der Waals surface area contributed by atoms with E-state index in [1.165, 1.54) is 12.8 Å². The van der Waals surface area contributed by atoms with Gasteiger partial charge >= 0.3 is 0 Å². The molecule has 1 aromatic rings. The molecule has 0 radical (unpaired) electrons. The first kappa shape index (κ1) is 20.2. The Morgan fingerprint density at radius 3 is 2.35 bits per heavy atom. The average molecular weight is 441 g/mol. The first-order valence-electron chi connectivity index (χ1n) is 9.39. The van der Waals surface area contributed by atoms with E-state index in [0.717, 1.165) is 47.4 Å². The summed E-state index contributed by atoms with van der Waals surface area (Å²) in [4.78, 5) is 5.71. The molecule has 0 bridgehead atoms. The highest BCUT2D eigenvalue weighted by molar-refractivity contribution is 9.10. The topological polar surface area (TPSA) is 24.9 Å². The Kier molecular flexibility index (Phi) is 6.73. The van der Waals surface area contributed by atoms with Crippen LogP contribution in [-0.4, -0.2) is 67.0 Å². The summed E-state index contributed by atoms with van der Waals surface area (Å²) in [5.74, 6) is -0.559. The number of likely N-dealkylation sites (N-methyl/N-ethyl adjacent to an activating group) is 1. The van der Waals surface area contributed by atoms with Crippen molar-refractivity contribution in [1.29, 1.82) is 0 Å². The number of hydrogen-bond donors (Lipinski definition) is 0. The zero-order chi connectivity index (χ0) is 18.7. The number of nitrogens with zero attached hydrogens (tertiary/aromatic N) is 2. The van der Waals surface area contributed by atoms with Gasteiger partial charge in [-0.2, -0.15) is 0 Å². The number of thiocarbonyl (C=S) groups is 1. The van der Waals surface area contributed by atoms with E-state index in [1.807, 2.05) is 12.1 Å². The molecule has 1 saturated carbocycles. The van der Waals surface area contributed by atoms with Gasteiger partial charge in [0.05, 0.1) is 12.1 Å². The monoisotopic (exact) mass is 440 g/mol. The van der Waals surface area contributed by atoms with Gasteiger partial charge in [0.15, 0.2) is 5.79 Å². The van der Waals surface area contributed by atoms with Gasteiger partial charge in [-0.15, -0.1) is 0 Å². The molecule has 26 heavy (non-hydrogen) atoms. The van der Waals surface area contributed by atoms with Gasteiger partial charge < -0.3 is 14.4 Å². The second-order valence-corrected chi connectivity index (χ2v) is 8.59. The Morgan fingerprint density at radius 1 is 1.15 bits per heavy atom. The SMILES string of the molecule is COC1(OC)CCCC(N(C)C(=S)c2ccc(Br)cc2)C1N1CCCC1. The molecule has 144 valence electrons. The van der Waals surface area contributed by atoms with Gasteiger partial charge in [-0.3, -0.25) is 4.90 Å². The van der Waals surface area contributed by atoms with Crippen LogP contribution in [0.2, 0.25) is 0 Å². The summed E-state index contributed by atoms with van der Waals surface area (Å²) in [5.41, 5.74) is 1.08. The highest BCUT2D eigenvalue weighted by Crippen LogP contribution is 2.39. The lowest BCUT2D eigenvalue weighted by Crippen LogP contribution is -2.66. The number of ether oxygens (including phenoxy) is 2. The standard InChI is InChI=1S/C20H29BrN2O2S/c1-22(19(26)15-8-10-16(21)11-9-15)17-7-6-12-20(24-2,25-3)18(17)23-13-4-5-14-23/h8-11,17-18H,4-7,12-14H2,1-3H3. The number of likely N-dealkylation sites (tertiary alicyclic amines) is 1. The van der Waals surface area contributed by atoms with Gasteiger partial charge in [-0.1, -0.05) is 40.3 Å². The van der Waals surface area contributed by atoms with Crippen LogP contribution in [0, 0.1) is 0 Å². The van der Waals surface area contributed by atoms with Crippen LogP contribution in [0.4, 0.5) is 0 Å². The molecule has 2 unspecified atom stereocenters. The number of hydrogen-bond acceptors (Lipinski definition) is 4. The molecule has 2 atom stereocenters.